The Morgan fingerprint density at radius 2 is 1.74 bits per heavy atom. The highest BCUT2D eigenvalue weighted by molar-refractivity contribution is 6.34. The maximum atomic E-state index is 10.8. The van der Waals surface area contributed by atoms with Gasteiger partial charge in [0, 0.05) is 17.2 Å². The van der Waals surface area contributed by atoms with Gasteiger partial charge < -0.3 is 9.84 Å². The van der Waals surface area contributed by atoms with E-state index in [4.69, 9.17) is 44.6 Å². The Labute approximate surface area is 124 Å². The molecule has 1 N–H and O–H groups in total. The van der Waals surface area contributed by atoms with Crippen LogP contribution in [0.2, 0.25) is 15.1 Å². The molecular formula is C13H7Cl3O3. The fraction of sp³-hybridized carbons (Fsp3) is 0. The molecule has 0 aliphatic carbocycles. The van der Waals surface area contributed by atoms with Gasteiger partial charge in [0.25, 0.3) is 0 Å². The van der Waals surface area contributed by atoms with Gasteiger partial charge in [-0.15, -0.1) is 0 Å². The van der Waals surface area contributed by atoms with Crippen LogP contribution in [0.25, 0.3) is 0 Å². The minimum absolute atomic E-state index is 0.00575. The number of rotatable bonds is 3. The van der Waals surface area contributed by atoms with Gasteiger partial charge in [-0.1, -0.05) is 34.8 Å². The lowest BCUT2D eigenvalue weighted by atomic mass is 10.2. The monoisotopic (exact) mass is 316 g/mol. The van der Waals surface area contributed by atoms with Crippen LogP contribution < -0.4 is 4.74 Å². The average Bonchev–Trinajstić information content (AvgIpc) is 2.33. The summed E-state index contributed by atoms with van der Waals surface area (Å²) in [7, 11) is 0. The maximum absolute atomic E-state index is 10.8. The highest BCUT2D eigenvalue weighted by Crippen LogP contribution is 2.33. The number of hydrogen-bond donors (Lipinski definition) is 1. The Balaban J connectivity index is 2.31. The van der Waals surface area contributed by atoms with Gasteiger partial charge in [-0.3, -0.25) is 0 Å². The molecule has 2 rings (SSSR count). The number of ether oxygens (including phenoxy) is 1. The van der Waals surface area contributed by atoms with Crippen molar-refractivity contribution in [2.45, 2.75) is 0 Å². The zero-order valence-corrected chi connectivity index (χ0v) is 11.6. The second-order valence-corrected chi connectivity index (χ2v) is 4.87. The molecule has 0 bridgehead atoms. The first kappa shape index (κ1) is 14.0. The van der Waals surface area contributed by atoms with E-state index in [1.807, 2.05) is 0 Å². The van der Waals surface area contributed by atoms with Gasteiger partial charge in [0.2, 0.25) is 0 Å². The summed E-state index contributed by atoms with van der Waals surface area (Å²) in [6.45, 7) is 0. The Kier molecular flexibility index (Phi) is 4.20. The van der Waals surface area contributed by atoms with Crippen molar-refractivity contribution in [3.05, 3.63) is 57.0 Å². The first-order chi connectivity index (χ1) is 8.97. The van der Waals surface area contributed by atoms with Crippen molar-refractivity contribution >= 4 is 40.8 Å². The van der Waals surface area contributed by atoms with Crippen LogP contribution in [0.5, 0.6) is 11.5 Å². The molecule has 2 aromatic rings. The van der Waals surface area contributed by atoms with E-state index in [0.29, 0.717) is 21.5 Å². The van der Waals surface area contributed by atoms with E-state index < -0.39 is 5.97 Å². The molecule has 0 saturated heterocycles. The third-order valence-corrected chi connectivity index (χ3v) is 3.15. The third kappa shape index (κ3) is 3.32. The van der Waals surface area contributed by atoms with Gasteiger partial charge in [-0.05, 0) is 24.3 Å². The molecule has 0 aromatic heterocycles. The fourth-order valence-electron chi connectivity index (χ4n) is 1.42. The van der Waals surface area contributed by atoms with Gasteiger partial charge >= 0.3 is 5.97 Å². The van der Waals surface area contributed by atoms with Gasteiger partial charge in [0.15, 0.2) is 0 Å². The molecular weight excluding hydrogens is 310 g/mol. The molecule has 0 aliphatic heterocycles. The summed E-state index contributed by atoms with van der Waals surface area (Å²) in [6, 6.07) is 9.06. The first-order valence-electron chi connectivity index (χ1n) is 5.13. The van der Waals surface area contributed by atoms with Gasteiger partial charge in [-0.2, -0.15) is 0 Å². The van der Waals surface area contributed by atoms with Crippen molar-refractivity contribution in [2.75, 3.05) is 0 Å². The number of carboxylic acid groups (broad SMARTS) is 1. The lowest BCUT2D eigenvalue weighted by Gasteiger charge is -2.09. The molecule has 19 heavy (non-hydrogen) atoms. The van der Waals surface area contributed by atoms with Crippen LogP contribution >= 0.6 is 34.8 Å². The Bertz CT molecular complexity index is 641. The van der Waals surface area contributed by atoms with Crippen LogP contribution in [0.3, 0.4) is 0 Å². The van der Waals surface area contributed by atoms with E-state index >= 15 is 0 Å². The van der Waals surface area contributed by atoms with E-state index in [2.05, 4.69) is 0 Å². The second kappa shape index (κ2) is 5.70. The zero-order chi connectivity index (χ0) is 14.0. The largest absolute Gasteiger partial charge is 0.478 e. The lowest BCUT2D eigenvalue weighted by Crippen LogP contribution is -1.97. The molecule has 98 valence electrons. The second-order valence-electron chi connectivity index (χ2n) is 3.62. The fourth-order valence-corrected chi connectivity index (χ4v) is 1.98. The average molecular weight is 318 g/mol. The molecule has 0 aliphatic rings. The van der Waals surface area contributed by atoms with Crippen LogP contribution in [-0.2, 0) is 0 Å². The number of halogens is 3. The highest BCUT2D eigenvalue weighted by atomic mass is 35.5. The van der Waals surface area contributed by atoms with Gasteiger partial charge in [-0.25, -0.2) is 4.79 Å². The number of carboxylic acids is 1. The van der Waals surface area contributed by atoms with Crippen LogP contribution in [-0.4, -0.2) is 11.1 Å². The normalized spacial score (nSPS) is 10.3. The molecule has 0 saturated carbocycles. The molecule has 3 nitrogen and oxygen atoms in total. The highest BCUT2D eigenvalue weighted by Gasteiger charge is 2.11. The summed E-state index contributed by atoms with van der Waals surface area (Å²) in [5.74, 6) is -0.357. The van der Waals surface area contributed by atoms with Crippen LogP contribution in [0.1, 0.15) is 10.4 Å². The molecule has 0 heterocycles. The molecule has 6 heteroatoms. The van der Waals surface area contributed by atoms with E-state index in [1.54, 1.807) is 18.2 Å². The Hall–Kier alpha value is -1.42. The Morgan fingerprint density at radius 1 is 1.00 bits per heavy atom. The standard InChI is InChI=1S/C13H7Cl3O3/c14-7-1-4-10(15)12(5-7)19-8-2-3-9(13(17)18)11(16)6-8/h1-6H,(H,17,18). The predicted octanol–water partition coefficient (Wildman–Crippen LogP) is 5.14. The molecule has 0 radical (unpaired) electrons. The minimum atomic E-state index is -1.10. The smallest absolute Gasteiger partial charge is 0.337 e. The van der Waals surface area contributed by atoms with E-state index in [0.717, 1.165) is 0 Å². The topological polar surface area (TPSA) is 46.5 Å². The van der Waals surface area contributed by atoms with Crippen molar-refractivity contribution in [2.24, 2.45) is 0 Å². The number of aromatic carboxylic acids is 1. The van der Waals surface area contributed by atoms with Crippen LogP contribution in [0, 0.1) is 0 Å². The molecule has 0 atom stereocenters. The van der Waals surface area contributed by atoms with E-state index in [-0.39, 0.29) is 10.6 Å². The summed E-state index contributed by atoms with van der Waals surface area (Å²) in [5.41, 5.74) is 0.00575. The van der Waals surface area contributed by atoms with Crippen molar-refractivity contribution < 1.29 is 14.6 Å². The summed E-state index contributed by atoms with van der Waals surface area (Å²) in [5, 5.41) is 9.82. The Morgan fingerprint density at radius 3 is 2.37 bits per heavy atom. The third-order valence-electron chi connectivity index (χ3n) is 2.29. The number of benzene rings is 2. The van der Waals surface area contributed by atoms with Crippen molar-refractivity contribution in [3.63, 3.8) is 0 Å². The quantitative estimate of drug-likeness (QED) is 0.853. The molecule has 2 aromatic carbocycles. The number of hydrogen-bond acceptors (Lipinski definition) is 2. The first-order valence-corrected chi connectivity index (χ1v) is 6.26. The van der Waals surface area contributed by atoms with E-state index in [1.165, 1.54) is 18.2 Å². The minimum Gasteiger partial charge on any atom is -0.478 e. The maximum Gasteiger partial charge on any atom is 0.337 e. The van der Waals surface area contributed by atoms with Gasteiger partial charge in [0.05, 0.1) is 15.6 Å². The summed E-state index contributed by atoms with van der Waals surface area (Å²) < 4.78 is 5.51. The van der Waals surface area contributed by atoms with E-state index in [9.17, 15) is 4.79 Å². The summed E-state index contributed by atoms with van der Waals surface area (Å²) >= 11 is 17.6. The molecule has 0 amide bonds. The number of carbonyl (C=O) groups is 1. The lowest BCUT2D eigenvalue weighted by molar-refractivity contribution is 0.0697. The van der Waals surface area contributed by atoms with Crippen molar-refractivity contribution in [3.8, 4) is 11.5 Å². The van der Waals surface area contributed by atoms with Crippen molar-refractivity contribution in [1.29, 1.82) is 0 Å². The van der Waals surface area contributed by atoms with Crippen LogP contribution in [0.4, 0.5) is 0 Å². The van der Waals surface area contributed by atoms with Gasteiger partial charge in [0.1, 0.15) is 11.5 Å². The van der Waals surface area contributed by atoms with Crippen LogP contribution in [0.15, 0.2) is 36.4 Å². The molecule has 0 unspecified atom stereocenters. The summed E-state index contributed by atoms with van der Waals surface area (Å²) in [6.07, 6.45) is 0. The molecule has 0 spiro atoms. The SMILES string of the molecule is O=C(O)c1ccc(Oc2cc(Cl)ccc2Cl)cc1Cl. The summed E-state index contributed by atoms with van der Waals surface area (Å²) in [4.78, 5) is 10.8. The predicted molar refractivity (Wildman–Crippen MR) is 74.9 cm³/mol. The zero-order valence-electron chi connectivity index (χ0n) is 9.36. The van der Waals surface area contributed by atoms with Crippen molar-refractivity contribution in [1.82, 2.24) is 0 Å². The molecule has 0 fully saturated rings.